The number of anilines is 1. The molecule has 0 bridgehead atoms. The van der Waals surface area contributed by atoms with E-state index in [1.165, 1.54) is 0 Å². The quantitative estimate of drug-likeness (QED) is 0.869. The van der Waals surface area contributed by atoms with Gasteiger partial charge in [-0.05, 0) is 24.0 Å². The average molecular weight is 254 g/mol. The summed E-state index contributed by atoms with van der Waals surface area (Å²) in [6.07, 6.45) is 1.00. The number of hydrogen-bond acceptors (Lipinski definition) is 3. The predicted molar refractivity (Wildman–Crippen MR) is 68.4 cm³/mol. The topological polar surface area (TPSA) is 54.0 Å². The molecular weight excluding hydrogens is 238 g/mol. The molecule has 1 atom stereocenters. The Morgan fingerprint density at radius 1 is 1.53 bits per heavy atom. The fourth-order valence-electron chi connectivity index (χ4n) is 1.68. The second-order valence-corrected chi connectivity index (χ2v) is 5.40. The number of nitrogens with one attached hydrogen (secondary N) is 2. The Morgan fingerprint density at radius 3 is 2.71 bits per heavy atom. The van der Waals surface area contributed by atoms with Crippen LogP contribution >= 0.6 is 11.6 Å². The van der Waals surface area contributed by atoms with Crippen molar-refractivity contribution in [3.05, 3.63) is 22.8 Å². The highest BCUT2D eigenvalue weighted by atomic mass is 35.5. The molecule has 17 heavy (non-hydrogen) atoms. The maximum Gasteiger partial charge on any atom is 0.271 e. The smallest absolute Gasteiger partial charge is 0.271 e. The van der Waals surface area contributed by atoms with Gasteiger partial charge in [-0.3, -0.25) is 4.79 Å². The van der Waals surface area contributed by atoms with Gasteiger partial charge >= 0.3 is 0 Å². The van der Waals surface area contributed by atoms with Gasteiger partial charge in [0.25, 0.3) is 5.91 Å². The minimum absolute atomic E-state index is 0.197. The fraction of sp³-hybridized carbons (Fsp3) is 0.500. The van der Waals surface area contributed by atoms with Gasteiger partial charge in [-0.1, -0.05) is 25.4 Å². The zero-order valence-electron chi connectivity index (χ0n) is 10.2. The summed E-state index contributed by atoms with van der Waals surface area (Å²) >= 11 is 5.97. The zero-order chi connectivity index (χ0) is 12.6. The van der Waals surface area contributed by atoms with E-state index in [-0.39, 0.29) is 23.1 Å². The number of carbonyl (C=O) groups excluding carboxylic acids is 1. The van der Waals surface area contributed by atoms with E-state index in [0.717, 1.165) is 6.42 Å². The summed E-state index contributed by atoms with van der Waals surface area (Å²) < 4.78 is 0. The lowest BCUT2D eigenvalue weighted by molar-refractivity contribution is 0.0941. The van der Waals surface area contributed by atoms with Gasteiger partial charge in [-0.15, -0.1) is 0 Å². The fourth-order valence-corrected chi connectivity index (χ4v) is 1.87. The van der Waals surface area contributed by atoms with Gasteiger partial charge in [0.15, 0.2) is 0 Å². The molecule has 0 radical (unpaired) electrons. The molecule has 1 aromatic heterocycles. The summed E-state index contributed by atoms with van der Waals surface area (Å²) in [4.78, 5) is 16.2. The van der Waals surface area contributed by atoms with Crippen molar-refractivity contribution in [2.45, 2.75) is 26.3 Å². The highest BCUT2D eigenvalue weighted by Gasteiger charge is 2.46. The van der Waals surface area contributed by atoms with Crippen LogP contribution in [0.25, 0.3) is 0 Å². The number of nitrogens with zero attached hydrogens (tertiary/aromatic N) is 1. The normalized spacial score (nSPS) is 20.8. The monoisotopic (exact) mass is 253 g/mol. The van der Waals surface area contributed by atoms with Crippen LogP contribution in [0.2, 0.25) is 5.02 Å². The first-order valence-corrected chi connectivity index (χ1v) is 5.97. The Kier molecular flexibility index (Phi) is 3.00. The van der Waals surface area contributed by atoms with Crippen LogP contribution in [-0.4, -0.2) is 24.0 Å². The molecule has 1 aliphatic carbocycles. The van der Waals surface area contributed by atoms with Crippen molar-refractivity contribution in [1.82, 2.24) is 10.3 Å². The first kappa shape index (κ1) is 12.2. The number of rotatable bonds is 3. The standard InChI is InChI=1S/C12H16ClN3O/c1-12(2)6-8(12)15-11(17)10-7(13)4-5-9(14-3)16-10/h4-5,8H,6H2,1-3H3,(H,14,16)(H,15,17). The third-order valence-electron chi connectivity index (χ3n) is 3.14. The van der Waals surface area contributed by atoms with E-state index < -0.39 is 0 Å². The van der Waals surface area contributed by atoms with Crippen molar-refractivity contribution in [3.8, 4) is 0 Å². The molecule has 5 heteroatoms. The van der Waals surface area contributed by atoms with E-state index >= 15 is 0 Å². The first-order valence-electron chi connectivity index (χ1n) is 5.59. The third-order valence-corrected chi connectivity index (χ3v) is 3.44. The zero-order valence-corrected chi connectivity index (χ0v) is 10.9. The molecule has 1 heterocycles. The molecular formula is C12H16ClN3O. The molecule has 1 amide bonds. The minimum atomic E-state index is -0.206. The molecule has 2 N–H and O–H groups in total. The molecule has 0 spiro atoms. The molecule has 1 aromatic rings. The van der Waals surface area contributed by atoms with Gasteiger partial charge in [-0.25, -0.2) is 4.98 Å². The van der Waals surface area contributed by atoms with Crippen molar-refractivity contribution < 1.29 is 4.79 Å². The van der Waals surface area contributed by atoms with E-state index in [0.29, 0.717) is 10.8 Å². The second kappa shape index (κ2) is 4.18. The molecule has 0 saturated heterocycles. The summed E-state index contributed by atoms with van der Waals surface area (Å²) in [6, 6.07) is 3.64. The molecule has 0 aliphatic heterocycles. The molecule has 1 aliphatic rings. The van der Waals surface area contributed by atoms with Crippen molar-refractivity contribution in [1.29, 1.82) is 0 Å². The van der Waals surface area contributed by atoms with Gasteiger partial charge in [0, 0.05) is 13.1 Å². The van der Waals surface area contributed by atoms with Crippen LogP contribution < -0.4 is 10.6 Å². The Balaban J connectivity index is 2.13. The molecule has 0 aromatic carbocycles. The van der Waals surface area contributed by atoms with Gasteiger partial charge in [-0.2, -0.15) is 0 Å². The Morgan fingerprint density at radius 2 is 2.18 bits per heavy atom. The van der Waals surface area contributed by atoms with E-state index in [1.54, 1.807) is 19.2 Å². The SMILES string of the molecule is CNc1ccc(Cl)c(C(=O)NC2CC2(C)C)n1. The van der Waals surface area contributed by atoms with Gasteiger partial charge < -0.3 is 10.6 Å². The number of pyridine rings is 1. The number of aromatic nitrogens is 1. The van der Waals surface area contributed by atoms with Crippen LogP contribution in [0, 0.1) is 5.41 Å². The van der Waals surface area contributed by atoms with Crippen LogP contribution in [0.1, 0.15) is 30.8 Å². The van der Waals surface area contributed by atoms with Gasteiger partial charge in [0.05, 0.1) is 5.02 Å². The van der Waals surface area contributed by atoms with E-state index in [4.69, 9.17) is 11.6 Å². The van der Waals surface area contributed by atoms with Crippen molar-refractivity contribution in [2.75, 3.05) is 12.4 Å². The largest absolute Gasteiger partial charge is 0.373 e. The van der Waals surface area contributed by atoms with E-state index in [2.05, 4.69) is 29.5 Å². The molecule has 1 unspecified atom stereocenters. The van der Waals surface area contributed by atoms with E-state index in [9.17, 15) is 4.79 Å². The van der Waals surface area contributed by atoms with Crippen LogP contribution in [0.3, 0.4) is 0 Å². The summed E-state index contributed by atoms with van der Waals surface area (Å²) in [5, 5.41) is 6.20. The molecule has 2 rings (SSSR count). The number of hydrogen-bond donors (Lipinski definition) is 2. The lowest BCUT2D eigenvalue weighted by atomic mass is 10.2. The Hall–Kier alpha value is -1.29. The molecule has 1 saturated carbocycles. The van der Waals surface area contributed by atoms with Crippen molar-refractivity contribution in [3.63, 3.8) is 0 Å². The molecule has 92 valence electrons. The summed E-state index contributed by atoms with van der Waals surface area (Å²) in [6.45, 7) is 4.24. The average Bonchev–Trinajstić information content (AvgIpc) is 2.86. The maximum absolute atomic E-state index is 12.0. The van der Waals surface area contributed by atoms with Crippen molar-refractivity contribution in [2.24, 2.45) is 5.41 Å². The van der Waals surface area contributed by atoms with Crippen LogP contribution in [0.15, 0.2) is 12.1 Å². The highest BCUT2D eigenvalue weighted by Crippen LogP contribution is 2.44. The molecule has 4 nitrogen and oxygen atoms in total. The Bertz CT molecular complexity index is 459. The first-order chi connectivity index (χ1) is 7.94. The maximum atomic E-state index is 12.0. The third kappa shape index (κ3) is 2.52. The summed E-state index contributed by atoms with van der Waals surface area (Å²) in [7, 11) is 1.75. The number of halogens is 1. The Labute approximate surface area is 106 Å². The second-order valence-electron chi connectivity index (χ2n) is 5.00. The minimum Gasteiger partial charge on any atom is -0.373 e. The lowest BCUT2D eigenvalue weighted by Gasteiger charge is -2.08. The predicted octanol–water partition coefficient (Wildman–Crippen LogP) is 2.31. The van der Waals surface area contributed by atoms with Crippen LogP contribution in [0.4, 0.5) is 5.82 Å². The van der Waals surface area contributed by atoms with Crippen LogP contribution in [-0.2, 0) is 0 Å². The van der Waals surface area contributed by atoms with E-state index in [1.807, 2.05) is 0 Å². The summed E-state index contributed by atoms with van der Waals surface area (Å²) in [5.41, 5.74) is 0.476. The lowest BCUT2D eigenvalue weighted by Crippen LogP contribution is -2.29. The van der Waals surface area contributed by atoms with Crippen molar-refractivity contribution >= 4 is 23.3 Å². The molecule has 1 fully saturated rings. The van der Waals surface area contributed by atoms with Crippen LogP contribution in [0.5, 0.6) is 0 Å². The van der Waals surface area contributed by atoms with Gasteiger partial charge in [0.2, 0.25) is 0 Å². The highest BCUT2D eigenvalue weighted by molar-refractivity contribution is 6.33. The summed E-state index contributed by atoms with van der Waals surface area (Å²) in [5.74, 6) is 0.428. The van der Waals surface area contributed by atoms with Gasteiger partial charge in [0.1, 0.15) is 11.5 Å². The number of carbonyl (C=O) groups is 1. The number of amides is 1.